The number of nitrogens with one attached hydrogen (secondary N) is 1. The van der Waals surface area contributed by atoms with Gasteiger partial charge in [-0.1, -0.05) is 18.5 Å². The molecule has 21 heavy (non-hydrogen) atoms. The minimum absolute atomic E-state index is 0.101. The average molecular weight is 306 g/mol. The number of benzene rings is 1. The van der Waals surface area contributed by atoms with E-state index in [2.05, 4.69) is 18.3 Å². The zero-order valence-electron chi connectivity index (χ0n) is 12.2. The molecule has 1 aliphatic rings. The first-order chi connectivity index (χ1) is 10.0. The number of nitriles is 1. The first-order valence-electron chi connectivity index (χ1n) is 7.22. The summed E-state index contributed by atoms with van der Waals surface area (Å²) in [6.45, 7) is 2.52. The molecule has 0 atom stereocenters. The highest BCUT2D eigenvalue weighted by molar-refractivity contribution is 6.31. The minimum atomic E-state index is -0.526. The van der Waals surface area contributed by atoms with Crippen LogP contribution in [0.15, 0.2) is 18.2 Å². The number of anilines is 1. The van der Waals surface area contributed by atoms with E-state index in [9.17, 15) is 4.79 Å². The molecule has 0 heterocycles. The lowest BCUT2D eigenvalue weighted by Crippen LogP contribution is -2.44. The van der Waals surface area contributed by atoms with Crippen LogP contribution in [0.2, 0.25) is 5.02 Å². The Labute approximate surface area is 130 Å². The molecular formula is C16H20ClN3O. The van der Waals surface area contributed by atoms with Crippen LogP contribution in [0.3, 0.4) is 0 Å². The standard InChI is InChI=1S/C16H20ClN3O/c1-11-4-6-16(10-19,7-5-11)15(21)20-14-8-13(17)3-2-12(14)9-18/h2-3,8,11H,4-7,10,19H2,1H3,(H,20,21). The van der Waals surface area contributed by atoms with Crippen molar-refractivity contribution in [3.05, 3.63) is 28.8 Å². The Hall–Kier alpha value is -1.57. The number of amides is 1. The molecule has 1 saturated carbocycles. The van der Waals surface area contributed by atoms with Gasteiger partial charge < -0.3 is 11.1 Å². The predicted molar refractivity (Wildman–Crippen MR) is 83.9 cm³/mol. The Balaban J connectivity index is 2.21. The molecule has 1 aromatic carbocycles. The van der Waals surface area contributed by atoms with Crippen molar-refractivity contribution in [3.63, 3.8) is 0 Å². The summed E-state index contributed by atoms with van der Waals surface area (Å²) >= 11 is 5.95. The number of nitrogens with zero attached hydrogens (tertiary/aromatic N) is 1. The molecule has 0 saturated heterocycles. The monoisotopic (exact) mass is 305 g/mol. The first kappa shape index (κ1) is 15.8. The predicted octanol–water partition coefficient (Wildman–Crippen LogP) is 3.31. The molecule has 0 bridgehead atoms. The summed E-state index contributed by atoms with van der Waals surface area (Å²) in [6.07, 6.45) is 3.59. The van der Waals surface area contributed by atoms with Crippen LogP contribution in [0.25, 0.3) is 0 Å². The van der Waals surface area contributed by atoms with E-state index >= 15 is 0 Å². The summed E-state index contributed by atoms with van der Waals surface area (Å²) < 4.78 is 0. The molecule has 1 aliphatic carbocycles. The summed E-state index contributed by atoms with van der Waals surface area (Å²) in [5.74, 6) is 0.536. The highest BCUT2D eigenvalue weighted by Gasteiger charge is 2.40. The van der Waals surface area contributed by atoms with Gasteiger partial charge in [-0.25, -0.2) is 0 Å². The van der Waals surface area contributed by atoms with Gasteiger partial charge in [-0.2, -0.15) is 5.26 Å². The van der Waals surface area contributed by atoms with Gasteiger partial charge in [-0.3, -0.25) is 4.79 Å². The maximum Gasteiger partial charge on any atom is 0.231 e. The van der Waals surface area contributed by atoms with Crippen molar-refractivity contribution in [1.82, 2.24) is 0 Å². The molecule has 0 spiro atoms. The quantitative estimate of drug-likeness (QED) is 0.899. The van der Waals surface area contributed by atoms with Gasteiger partial charge in [0, 0.05) is 11.6 Å². The summed E-state index contributed by atoms with van der Waals surface area (Å²) in [6, 6.07) is 6.91. The maximum atomic E-state index is 12.7. The smallest absolute Gasteiger partial charge is 0.231 e. The third-order valence-electron chi connectivity index (χ3n) is 4.45. The second-order valence-corrected chi connectivity index (χ2v) is 6.36. The van der Waals surface area contributed by atoms with E-state index in [1.165, 1.54) is 0 Å². The molecule has 2 rings (SSSR count). The van der Waals surface area contributed by atoms with Crippen LogP contribution in [0, 0.1) is 22.7 Å². The van der Waals surface area contributed by atoms with Crippen molar-refractivity contribution in [2.75, 3.05) is 11.9 Å². The van der Waals surface area contributed by atoms with Gasteiger partial charge in [0.1, 0.15) is 6.07 Å². The van der Waals surface area contributed by atoms with E-state index in [0.717, 1.165) is 25.7 Å². The van der Waals surface area contributed by atoms with Crippen LogP contribution < -0.4 is 11.1 Å². The lowest BCUT2D eigenvalue weighted by molar-refractivity contribution is -0.127. The molecule has 1 aromatic rings. The van der Waals surface area contributed by atoms with Gasteiger partial charge in [0.2, 0.25) is 5.91 Å². The van der Waals surface area contributed by atoms with Crippen LogP contribution in [0.1, 0.15) is 38.2 Å². The molecule has 3 N–H and O–H groups in total. The zero-order valence-corrected chi connectivity index (χ0v) is 12.9. The summed E-state index contributed by atoms with van der Waals surface area (Å²) in [5.41, 5.74) is 6.23. The number of carbonyl (C=O) groups is 1. The van der Waals surface area contributed by atoms with E-state index in [1.807, 2.05) is 0 Å². The fourth-order valence-electron chi connectivity index (χ4n) is 2.81. The molecule has 0 unspecified atom stereocenters. The lowest BCUT2D eigenvalue weighted by Gasteiger charge is -2.37. The molecule has 0 radical (unpaired) electrons. The first-order valence-corrected chi connectivity index (χ1v) is 7.60. The Bertz CT molecular complexity index is 571. The van der Waals surface area contributed by atoms with E-state index in [0.29, 0.717) is 28.7 Å². The van der Waals surface area contributed by atoms with E-state index < -0.39 is 5.41 Å². The molecule has 0 aromatic heterocycles. The van der Waals surface area contributed by atoms with E-state index in [-0.39, 0.29) is 5.91 Å². The lowest BCUT2D eigenvalue weighted by atomic mass is 9.70. The second-order valence-electron chi connectivity index (χ2n) is 5.92. The van der Waals surface area contributed by atoms with E-state index in [4.69, 9.17) is 22.6 Å². The van der Waals surface area contributed by atoms with Gasteiger partial charge in [-0.15, -0.1) is 0 Å². The Kier molecular flexibility index (Phi) is 4.87. The fourth-order valence-corrected chi connectivity index (χ4v) is 2.98. The largest absolute Gasteiger partial charge is 0.329 e. The Morgan fingerprint density at radius 1 is 1.52 bits per heavy atom. The van der Waals surface area contributed by atoms with Crippen molar-refractivity contribution < 1.29 is 4.79 Å². The number of halogens is 1. The van der Waals surface area contributed by atoms with Crippen LogP contribution in [0.4, 0.5) is 5.69 Å². The summed E-state index contributed by atoms with van der Waals surface area (Å²) in [5, 5.41) is 12.5. The van der Waals surface area contributed by atoms with Crippen LogP contribution in [-0.4, -0.2) is 12.5 Å². The molecule has 1 amide bonds. The SMILES string of the molecule is CC1CCC(CN)(C(=O)Nc2cc(Cl)ccc2C#N)CC1. The van der Waals surface area contributed by atoms with Gasteiger partial charge in [0.05, 0.1) is 16.7 Å². The topological polar surface area (TPSA) is 78.9 Å². The van der Waals surface area contributed by atoms with Crippen molar-refractivity contribution in [2.45, 2.75) is 32.6 Å². The van der Waals surface area contributed by atoms with Crippen LogP contribution in [-0.2, 0) is 4.79 Å². The van der Waals surface area contributed by atoms with Crippen molar-refractivity contribution in [3.8, 4) is 6.07 Å². The number of hydrogen-bond donors (Lipinski definition) is 2. The third-order valence-corrected chi connectivity index (χ3v) is 4.69. The van der Waals surface area contributed by atoms with E-state index in [1.54, 1.807) is 18.2 Å². The maximum absolute atomic E-state index is 12.7. The van der Waals surface area contributed by atoms with Crippen molar-refractivity contribution >= 4 is 23.2 Å². The minimum Gasteiger partial charge on any atom is -0.329 e. The third kappa shape index (κ3) is 3.37. The average Bonchev–Trinajstić information content (AvgIpc) is 2.48. The second kappa shape index (κ2) is 6.46. The molecule has 112 valence electrons. The molecule has 1 fully saturated rings. The normalized spacial score (nSPS) is 25.1. The molecule has 0 aliphatic heterocycles. The van der Waals surface area contributed by atoms with Gasteiger partial charge in [0.25, 0.3) is 0 Å². The van der Waals surface area contributed by atoms with Gasteiger partial charge in [-0.05, 0) is 49.8 Å². The van der Waals surface area contributed by atoms with Crippen molar-refractivity contribution in [1.29, 1.82) is 5.26 Å². The zero-order chi connectivity index (χ0) is 15.5. The molecular weight excluding hydrogens is 286 g/mol. The molecule has 4 nitrogen and oxygen atoms in total. The number of rotatable bonds is 3. The van der Waals surface area contributed by atoms with Gasteiger partial charge >= 0.3 is 0 Å². The van der Waals surface area contributed by atoms with Crippen LogP contribution in [0.5, 0.6) is 0 Å². The molecule has 5 heteroatoms. The Morgan fingerprint density at radius 2 is 2.19 bits per heavy atom. The fraction of sp³-hybridized carbons (Fsp3) is 0.500. The summed E-state index contributed by atoms with van der Waals surface area (Å²) in [4.78, 5) is 12.7. The summed E-state index contributed by atoms with van der Waals surface area (Å²) in [7, 11) is 0. The Morgan fingerprint density at radius 3 is 2.76 bits per heavy atom. The highest BCUT2D eigenvalue weighted by atomic mass is 35.5. The van der Waals surface area contributed by atoms with Crippen LogP contribution >= 0.6 is 11.6 Å². The number of hydrogen-bond acceptors (Lipinski definition) is 3. The number of carbonyl (C=O) groups excluding carboxylic acids is 1. The number of nitrogens with two attached hydrogens (primary N) is 1. The van der Waals surface area contributed by atoms with Gasteiger partial charge in [0.15, 0.2) is 0 Å². The van der Waals surface area contributed by atoms with Crippen molar-refractivity contribution in [2.24, 2.45) is 17.1 Å². The highest BCUT2D eigenvalue weighted by Crippen LogP contribution is 2.39.